The number of hydrogen-bond donors (Lipinski definition) is 0. The first-order valence-electron chi connectivity index (χ1n) is 23.7. The van der Waals surface area contributed by atoms with Gasteiger partial charge in [0.15, 0.2) is 0 Å². The minimum atomic E-state index is 0.00943. The Morgan fingerprint density at radius 2 is 1.14 bits per heavy atom. The molecule has 0 radical (unpaired) electrons. The number of thiophene rings is 1. The molecule has 10 rings (SSSR count). The lowest BCUT2D eigenvalue weighted by atomic mass is 9.36. The molecule has 63 heavy (non-hydrogen) atoms. The molecule has 0 bridgehead atoms. The van der Waals surface area contributed by atoms with Gasteiger partial charge < -0.3 is 9.80 Å². The number of rotatable bonds is 7. The van der Waals surface area contributed by atoms with E-state index in [1.807, 2.05) is 11.3 Å². The molecule has 0 saturated heterocycles. The van der Waals surface area contributed by atoms with Crippen LogP contribution >= 0.6 is 11.3 Å². The van der Waals surface area contributed by atoms with Crippen molar-refractivity contribution in [2.45, 2.75) is 137 Å². The summed E-state index contributed by atoms with van der Waals surface area (Å²) in [5.41, 5.74) is 21.9. The van der Waals surface area contributed by atoms with Gasteiger partial charge in [0, 0.05) is 43.2 Å². The van der Waals surface area contributed by atoms with Crippen LogP contribution in [0.1, 0.15) is 136 Å². The van der Waals surface area contributed by atoms with Crippen LogP contribution in [0, 0.1) is 0 Å². The van der Waals surface area contributed by atoms with Gasteiger partial charge in [-0.25, -0.2) is 0 Å². The first-order valence-corrected chi connectivity index (χ1v) is 24.5. The first-order chi connectivity index (χ1) is 29.9. The lowest BCUT2D eigenvalue weighted by Gasteiger charge is -2.44. The van der Waals surface area contributed by atoms with Crippen molar-refractivity contribution >= 4 is 78.0 Å². The van der Waals surface area contributed by atoms with Gasteiger partial charge >= 0.3 is 0 Å². The summed E-state index contributed by atoms with van der Waals surface area (Å²) in [6.07, 6.45) is 5.68. The highest BCUT2D eigenvalue weighted by atomic mass is 32.1. The Hall–Kier alpha value is -5.06. The molecule has 0 atom stereocenters. The van der Waals surface area contributed by atoms with Crippen molar-refractivity contribution in [3.63, 3.8) is 0 Å². The van der Waals surface area contributed by atoms with Crippen LogP contribution in [-0.4, -0.2) is 6.71 Å². The topological polar surface area (TPSA) is 6.48 Å². The maximum absolute atomic E-state index is 2.66. The van der Waals surface area contributed by atoms with Crippen molar-refractivity contribution in [2.24, 2.45) is 0 Å². The van der Waals surface area contributed by atoms with Gasteiger partial charge in [0.05, 0.1) is 11.4 Å². The Morgan fingerprint density at radius 1 is 0.540 bits per heavy atom. The molecular weight excluding hydrogens is 780 g/mol. The standard InChI is InChI=1S/C59H65BN2S/c1-13-58(9,10)38-24-29-42(30-25-38)61-50-22-17-23-51-53(50)60(55-54(61)46-35-40(57(6,7)8)28-33-52(46)63-55)47-36-41(59(11,12)14-2)27-32-49(47)62(51)48-31-26-39(56(3,4)5)34-45(48)44-21-16-19-37-18-15-20-43(37)44/h16-17,19,21-36H,13-15,18,20H2,1-12H3. The molecule has 320 valence electrons. The first kappa shape index (κ1) is 41.9. The molecule has 4 heteroatoms. The summed E-state index contributed by atoms with van der Waals surface area (Å²) in [7, 11) is 0. The van der Waals surface area contributed by atoms with E-state index in [4.69, 9.17) is 0 Å². The molecule has 0 N–H and O–H groups in total. The van der Waals surface area contributed by atoms with Crippen LogP contribution in [0.3, 0.4) is 0 Å². The van der Waals surface area contributed by atoms with Crippen molar-refractivity contribution in [1.29, 1.82) is 0 Å². The van der Waals surface area contributed by atoms with Crippen molar-refractivity contribution in [3.8, 4) is 11.1 Å². The second-order valence-electron chi connectivity index (χ2n) is 22.2. The SMILES string of the molecule is CCC(C)(C)c1ccc(N2c3cccc4c3B(c3cc(C(C)(C)CC)ccc3N4c3ccc(C(C)(C)C)cc3-c3cccc4c3CCC4)c3sc4ccc(C(C)(C)C)cc4c32)cc1. The average Bonchev–Trinajstić information content (AvgIpc) is 3.91. The van der Waals surface area contributed by atoms with E-state index in [0.717, 1.165) is 25.7 Å². The van der Waals surface area contributed by atoms with E-state index >= 15 is 0 Å². The third-order valence-electron chi connectivity index (χ3n) is 15.4. The third kappa shape index (κ3) is 6.72. The molecule has 1 aromatic heterocycles. The fourth-order valence-corrected chi connectivity index (χ4v) is 11.9. The van der Waals surface area contributed by atoms with Gasteiger partial charge in [0.1, 0.15) is 0 Å². The molecule has 3 heterocycles. The molecule has 0 unspecified atom stereocenters. The van der Waals surface area contributed by atoms with E-state index in [1.54, 1.807) is 0 Å². The van der Waals surface area contributed by atoms with Gasteiger partial charge in [-0.2, -0.15) is 0 Å². The van der Waals surface area contributed by atoms with Gasteiger partial charge in [0.25, 0.3) is 6.71 Å². The Balaban J connectivity index is 1.30. The predicted molar refractivity (Wildman–Crippen MR) is 277 cm³/mol. The highest BCUT2D eigenvalue weighted by Crippen LogP contribution is 2.51. The van der Waals surface area contributed by atoms with Gasteiger partial charge in [-0.3, -0.25) is 0 Å². The second-order valence-corrected chi connectivity index (χ2v) is 23.2. The van der Waals surface area contributed by atoms with Crippen LogP contribution in [0.25, 0.3) is 21.2 Å². The van der Waals surface area contributed by atoms with Crippen molar-refractivity contribution in [3.05, 3.63) is 149 Å². The predicted octanol–water partition coefficient (Wildman–Crippen LogP) is 15.1. The van der Waals surface area contributed by atoms with Crippen molar-refractivity contribution in [1.82, 2.24) is 0 Å². The maximum atomic E-state index is 2.66. The molecule has 2 nitrogen and oxygen atoms in total. The van der Waals surface area contributed by atoms with Gasteiger partial charge in [-0.05, 0) is 158 Å². The summed E-state index contributed by atoms with van der Waals surface area (Å²) in [5, 5.41) is 1.35. The molecule has 0 amide bonds. The Kier molecular flexibility index (Phi) is 9.81. The molecular formula is C59H65BN2S. The van der Waals surface area contributed by atoms with Crippen LogP contribution in [0.4, 0.5) is 34.1 Å². The summed E-state index contributed by atoms with van der Waals surface area (Å²) < 4.78 is 2.79. The zero-order chi connectivity index (χ0) is 44.4. The Labute approximate surface area is 382 Å². The average molecular weight is 845 g/mol. The highest BCUT2D eigenvalue weighted by molar-refractivity contribution is 7.33. The van der Waals surface area contributed by atoms with E-state index in [0.29, 0.717) is 0 Å². The fourth-order valence-electron chi connectivity index (χ4n) is 10.6. The van der Waals surface area contributed by atoms with Crippen LogP contribution in [0.2, 0.25) is 0 Å². The van der Waals surface area contributed by atoms with E-state index in [1.165, 1.54) is 111 Å². The highest BCUT2D eigenvalue weighted by Gasteiger charge is 2.46. The molecule has 1 aliphatic carbocycles. The zero-order valence-corrected chi connectivity index (χ0v) is 40.7. The minimum Gasteiger partial charge on any atom is -0.311 e. The normalized spacial score (nSPS) is 14.8. The van der Waals surface area contributed by atoms with Crippen LogP contribution < -0.4 is 25.5 Å². The number of benzene rings is 6. The van der Waals surface area contributed by atoms with E-state index in [-0.39, 0.29) is 28.4 Å². The summed E-state index contributed by atoms with van der Waals surface area (Å²) >= 11 is 2.01. The molecule has 6 aromatic carbocycles. The second kappa shape index (κ2) is 14.7. The monoisotopic (exact) mass is 844 g/mol. The van der Waals surface area contributed by atoms with Gasteiger partial charge in [-0.15, -0.1) is 11.3 Å². The summed E-state index contributed by atoms with van der Waals surface area (Å²) in [5.74, 6) is 0. The summed E-state index contributed by atoms with van der Waals surface area (Å²) in [6, 6.07) is 45.9. The fraction of sp³-hybridized carbons (Fsp3) is 0.356. The van der Waals surface area contributed by atoms with E-state index in [2.05, 4.69) is 208 Å². The van der Waals surface area contributed by atoms with Crippen molar-refractivity contribution < 1.29 is 0 Å². The lowest BCUT2D eigenvalue weighted by molar-refractivity contribution is 0.506. The molecule has 2 aliphatic heterocycles. The molecule has 7 aromatic rings. The lowest BCUT2D eigenvalue weighted by Crippen LogP contribution is -2.60. The largest absolute Gasteiger partial charge is 0.311 e. The zero-order valence-electron chi connectivity index (χ0n) is 39.9. The Bertz CT molecular complexity index is 2930. The van der Waals surface area contributed by atoms with Crippen molar-refractivity contribution in [2.75, 3.05) is 9.80 Å². The summed E-state index contributed by atoms with van der Waals surface area (Å²) in [4.78, 5) is 5.29. The molecule has 3 aliphatic rings. The quantitative estimate of drug-likeness (QED) is 0.148. The Morgan fingerprint density at radius 3 is 1.84 bits per heavy atom. The van der Waals surface area contributed by atoms with E-state index in [9.17, 15) is 0 Å². The smallest absolute Gasteiger partial charge is 0.264 e. The van der Waals surface area contributed by atoms with E-state index < -0.39 is 0 Å². The molecule has 0 fully saturated rings. The number of nitrogens with zero attached hydrogens (tertiary/aromatic N) is 2. The minimum absolute atomic E-state index is 0.00943. The molecule has 0 spiro atoms. The molecule has 0 saturated carbocycles. The summed E-state index contributed by atoms with van der Waals surface area (Å²) in [6.45, 7) is 28.4. The number of fused-ring (bicyclic) bond motifs is 7. The third-order valence-corrected chi connectivity index (χ3v) is 16.7. The van der Waals surface area contributed by atoms with Crippen LogP contribution in [0.5, 0.6) is 0 Å². The van der Waals surface area contributed by atoms with Crippen LogP contribution in [-0.2, 0) is 34.5 Å². The van der Waals surface area contributed by atoms with Crippen LogP contribution in [0.15, 0.2) is 115 Å². The number of anilines is 6. The number of aryl methyl sites for hydroxylation is 1. The number of hydrogen-bond acceptors (Lipinski definition) is 3. The van der Waals surface area contributed by atoms with Gasteiger partial charge in [-0.1, -0.05) is 144 Å². The van der Waals surface area contributed by atoms with Gasteiger partial charge in [0.2, 0.25) is 0 Å². The maximum Gasteiger partial charge on any atom is 0.264 e.